The second kappa shape index (κ2) is 11.4. The summed E-state index contributed by atoms with van der Waals surface area (Å²) >= 11 is 0. The van der Waals surface area contributed by atoms with E-state index in [1.54, 1.807) is 12.4 Å². The Kier molecular flexibility index (Phi) is 8.03. The predicted molar refractivity (Wildman–Crippen MR) is 137 cm³/mol. The highest BCUT2D eigenvalue weighted by Gasteiger charge is 1.95. The van der Waals surface area contributed by atoms with Crippen molar-refractivity contribution in [3.8, 4) is 0 Å². The summed E-state index contributed by atoms with van der Waals surface area (Å²) in [6.45, 7) is 0. The molecule has 4 rings (SSSR count). The maximum absolute atomic E-state index is 3.89. The predicted octanol–water partition coefficient (Wildman–Crippen LogP) is 5.29. The van der Waals surface area contributed by atoms with Crippen molar-refractivity contribution in [2.45, 2.75) is 0 Å². The molecule has 32 heavy (non-hydrogen) atoms. The summed E-state index contributed by atoms with van der Waals surface area (Å²) in [5.41, 5.74) is 6.80. The topological polar surface area (TPSA) is 63.8 Å². The smallest absolute Gasteiger partial charge is 0.0577 e. The van der Waals surface area contributed by atoms with E-state index in [4.69, 9.17) is 0 Å². The number of rotatable bonds is 6. The third-order valence-electron chi connectivity index (χ3n) is 4.77. The summed E-state index contributed by atoms with van der Waals surface area (Å²) in [6, 6.07) is 20.7. The van der Waals surface area contributed by atoms with Gasteiger partial charge in [0.25, 0.3) is 0 Å². The van der Waals surface area contributed by atoms with Crippen LogP contribution in [0.15, 0.2) is 73.1 Å². The molecule has 164 valence electrons. The van der Waals surface area contributed by atoms with Gasteiger partial charge in [-0.1, -0.05) is 36.4 Å². The van der Waals surface area contributed by atoms with Crippen molar-refractivity contribution in [2.24, 2.45) is 0 Å². The van der Waals surface area contributed by atoms with Crippen LogP contribution in [0.4, 0.5) is 11.4 Å². The average Bonchev–Trinajstić information content (AvgIpc) is 3.51. The van der Waals surface area contributed by atoms with E-state index in [-0.39, 0.29) is 0 Å². The van der Waals surface area contributed by atoms with Gasteiger partial charge in [-0.15, -0.1) is 0 Å². The molecule has 2 heterocycles. The lowest BCUT2D eigenvalue weighted by Gasteiger charge is -2.11. The van der Waals surface area contributed by atoms with Gasteiger partial charge in [0.2, 0.25) is 0 Å². The van der Waals surface area contributed by atoms with Gasteiger partial charge in [-0.3, -0.25) is 10.2 Å². The molecule has 0 unspecified atom stereocenters. The number of hydrogen-bond acceptors (Lipinski definition) is 4. The van der Waals surface area contributed by atoms with E-state index in [0.29, 0.717) is 0 Å². The lowest BCUT2D eigenvalue weighted by Crippen LogP contribution is -2.07. The summed E-state index contributed by atoms with van der Waals surface area (Å²) in [5.74, 6) is 0. The fourth-order valence-corrected chi connectivity index (χ4v) is 2.86. The van der Waals surface area contributed by atoms with Crippen LogP contribution in [0.1, 0.15) is 22.5 Å². The number of aromatic amines is 2. The number of anilines is 2. The molecule has 0 aliphatic carbocycles. The highest BCUT2D eigenvalue weighted by atomic mass is 15.1. The van der Waals surface area contributed by atoms with Gasteiger partial charge in [0, 0.05) is 52.0 Å². The van der Waals surface area contributed by atoms with Crippen molar-refractivity contribution in [3.05, 3.63) is 95.6 Å². The molecular weight excluding hydrogens is 396 g/mol. The van der Waals surface area contributed by atoms with Gasteiger partial charge in [-0.25, -0.2) is 0 Å². The fraction of sp³-hybridized carbons (Fsp3) is 0.154. The van der Waals surface area contributed by atoms with Crippen LogP contribution in [0.25, 0.3) is 24.3 Å². The van der Waals surface area contributed by atoms with Crippen LogP contribution < -0.4 is 9.80 Å². The monoisotopic (exact) mass is 426 g/mol. The zero-order valence-corrected chi connectivity index (χ0v) is 19.0. The molecule has 0 fully saturated rings. The average molecular weight is 427 g/mol. The van der Waals surface area contributed by atoms with Crippen LogP contribution in [-0.2, 0) is 0 Å². The lowest BCUT2D eigenvalue weighted by molar-refractivity contribution is 1.08. The first kappa shape index (κ1) is 22.6. The zero-order valence-electron chi connectivity index (χ0n) is 19.0. The van der Waals surface area contributed by atoms with Gasteiger partial charge < -0.3 is 9.80 Å². The van der Waals surface area contributed by atoms with Crippen molar-refractivity contribution in [3.63, 3.8) is 0 Å². The van der Waals surface area contributed by atoms with E-state index in [2.05, 4.69) is 90.9 Å². The van der Waals surface area contributed by atoms with Gasteiger partial charge in [0.1, 0.15) is 0 Å². The Hall–Kier alpha value is -4.06. The van der Waals surface area contributed by atoms with Crippen molar-refractivity contribution in [1.29, 1.82) is 0 Å². The molecule has 0 aliphatic rings. The van der Waals surface area contributed by atoms with E-state index >= 15 is 0 Å². The molecule has 2 aromatic carbocycles. The first-order valence-electron chi connectivity index (χ1n) is 10.4. The Morgan fingerprint density at radius 3 is 1.19 bits per heavy atom. The number of nitrogens with zero attached hydrogens (tertiary/aromatic N) is 4. The van der Waals surface area contributed by atoms with Gasteiger partial charge in [-0.2, -0.15) is 10.2 Å². The first-order valence-corrected chi connectivity index (χ1v) is 10.4. The number of aromatic nitrogens is 4. The van der Waals surface area contributed by atoms with Crippen molar-refractivity contribution in [2.75, 3.05) is 38.0 Å². The first-order chi connectivity index (χ1) is 15.5. The molecule has 0 amide bonds. The summed E-state index contributed by atoms with van der Waals surface area (Å²) < 4.78 is 0. The van der Waals surface area contributed by atoms with Crippen LogP contribution in [0, 0.1) is 0 Å². The molecule has 6 nitrogen and oxygen atoms in total. The van der Waals surface area contributed by atoms with Gasteiger partial charge in [0.15, 0.2) is 0 Å². The molecule has 0 saturated heterocycles. The van der Waals surface area contributed by atoms with Crippen molar-refractivity contribution < 1.29 is 0 Å². The molecule has 0 bridgehead atoms. The second-order valence-corrected chi connectivity index (χ2v) is 7.66. The molecule has 0 saturated carbocycles. The van der Waals surface area contributed by atoms with E-state index in [1.807, 2.05) is 52.5 Å². The molecule has 0 aliphatic heterocycles. The summed E-state index contributed by atoms with van der Waals surface area (Å²) in [7, 11) is 8.15. The molecule has 0 atom stereocenters. The number of nitrogens with one attached hydrogen (secondary N) is 2. The summed E-state index contributed by atoms with van der Waals surface area (Å²) in [6.07, 6.45) is 11.6. The highest BCUT2D eigenvalue weighted by molar-refractivity contribution is 5.69. The van der Waals surface area contributed by atoms with E-state index in [0.717, 1.165) is 11.4 Å². The third-order valence-corrected chi connectivity index (χ3v) is 4.77. The molecule has 0 radical (unpaired) electrons. The lowest BCUT2D eigenvalue weighted by atomic mass is 10.2. The third kappa shape index (κ3) is 7.02. The standard InChI is InChI=1S/2C13H15N3/c2*1-16(2)13-7-4-11(5-8-13)3-6-12-9-10-14-15-12/h2*3-10H,1-2H3,(H,14,15)/b6-3+;6-3-. The van der Waals surface area contributed by atoms with E-state index in [9.17, 15) is 0 Å². The minimum atomic E-state index is 1.01. The Bertz CT molecular complexity index is 997. The molecule has 4 aromatic rings. The Morgan fingerprint density at radius 2 is 0.906 bits per heavy atom. The maximum Gasteiger partial charge on any atom is 0.0577 e. The molecule has 2 N–H and O–H groups in total. The highest BCUT2D eigenvalue weighted by Crippen LogP contribution is 2.15. The SMILES string of the molecule is CN(C)c1ccc(/C=C/c2ccn[nH]2)cc1.CN(C)c1ccc(/C=C\c2ccn[nH]2)cc1. The Labute approximate surface area is 189 Å². The van der Waals surface area contributed by atoms with Crippen LogP contribution >= 0.6 is 0 Å². The van der Waals surface area contributed by atoms with E-state index in [1.165, 1.54) is 22.5 Å². The van der Waals surface area contributed by atoms with Crippen LogP contribution in [0.3, 0.4) is 0 Å². The van der Waals surface area contributed by atoms with Gasteiger partial charge in [0.05, 0.1) is 11.4 Å². The number of hydrogen-bond donors (Lipinski definition) is 2. The molecular formula is C26H30N6. The van der Waals surface area contributed by atoms with Crippen molar-refractivity contribution >= 4 is 35.7 Å². The number of benzene rings is 2. The Balaban J connectivity index is 0.000000181. The molecule has 2 aromatic heterocycles. The van der Waals surface area contributed by atoms with Crippen LogP contribution in [0.2, 0.25) is 0 Å². The zero-order chi connectivity index (χ0) is 22.8. The van der Waals surface area contributed by atoms with Crippen LogP contribution in [0.5, 0.6) is 0 Å². The minimum Gasteiger partial charge on any atom is -0.378 e. The fourth-order valence-electron chi connectivity index (χ4n) is 2.86. The van der Waals surface area contributed by atoms with E-state index < -0.39 is 0 Å². The largest absolute Gasteiger partial charge is 0.378 e. The molecule has 0 spiro atoms. The number of H-pyrrole nitrogens is 2. The van der Waals surface area contributed by atoms with Crippen LogP contribution in [-0.4, -0.2) is 48.6 Å². The maximum atomic E-state index is 3.89. The minimum absolute atomic E-state index is 1.01. The summed E-state index contributed by atoms with van der Waals surface area (Å²) in [5, 5.41) is 13.6. The van der Waals surface area contributed by atoms with Gasteiger partial charge in [-0.05, 0) is 59.7 Å². The second-order valence-electron chi connectivity index (χ2n) is 7.66. The normalized spacial score (nSPS) is 10.9. The van der Waals surface area contributed by atoms with Gasteiger partial charge >= 0.3 is 0 Å². The summed E-state index contributed by atoms with van der Waals surface area (Å²) in [4.78, 5) is 4.17. The Morgan fingerprint density at radius 1 is 0.531 bits per heavy atom. The molecule has 6 heteroatoms. The van der Waals surface area contributed by atoms with Crippen molar-refractivity contribution in [1.82, 2.24) is 20.4 Å². The quantitative estimate of drug-likeness (QED) is 0.440.